The molecule has 5 nitrogen and oxygen atoms in total. The van der Waals surface area contributed by atoms with E-state index < -0.39 is 0 Å². The smallest absolute Gasteiger partial charge is 0.224 e. The van der Waals surface area contributed by atoms with E-state index in [1.807, 2.05) is 25.1 Å². The van der Waals surface area contributed by atoms with Crippen LogP contribution in [0.25, 0.3) is 0 Å². The number of hydrogen-bond acceptors (Lipinski definition) is 4. The molecular weight excluding hydrogens is 385 g/mol. The summed E-state index contributed by atoms with van der Waals surface area (Å²) < 4.78 is 5.91. The molecule has 2 fully saturated rings. The fraction of sp³-hybridized carbons (Fsp3) is 0.650. The van der Waals surface area contributed by atoms with E-state index >= 15 is 0 Å². The third-order valence-electron chi connectivity index (χ3n) is 5.26. The van der Waals surface area contributed by atoms with Gasteiger partial charge in [-0.15, -0.1) is 24.8 Å². The molecule has 0 saturated carbocycles. The molecule has 2 saturated heterocycles. The second-order valence-corrected chi connectivity index (χ2v) is 7.32. The summed E-state index contributed by atoms with van der Waals surface area (Å²) in [4.78, 5) is 14.6. The van der Waals surface area contributed by atoms with Crippen molar-refractivity contribution >= 4 is 36.4 Å². The average Bonchev–Trinajstić information content (AvgIpc) is 3.28. The molecule has 1 amide bonds. The number of halogens is 2. The molecule has 7 heteroatoms. The standard InChI is InChI=1S/C20H31N3O2.2ClH/c1-16-14-18(22-20(24)7-4-17-8-9-21-15-17)5-6-19(16)25-13-12-23-10-2-3-11-23;;/h5-6,14,17,21H,2-4,7-13,15H2,1H3,(H,22,24);2*1H. The first-order valence-electron chi connectivity index (χ1n) is 9.67. The normalized spacial score (nSPS) is 19.2. The third kappa shape index (κ3) is 7.86. The molecule has 0 aliphatic carbocycles. The number of nitrogens with one attached hydrogen (secondary N) is 2. The fourth-order valence-corrected chi connectivity index (χ4v) is 3.70. The Labute approximate surface area is 175 Å². The number of nitrogens with zero attached hydrogens (tertiary/aromatic N) is 1. The van der Waals surface area contributed by atoms with Crippen LogP contribution >= 0.6 is 24.8 Å². The topological polar surface area (TPSA) is 53.6 Å². The van der Waals surface area contributed by atoms with E-state index in [0.29, 0.717) is 12.3 Å². The van der Waals surface area contributed by atoms with Crippen LogP contribution in [0.2, 0.25) is 0 Å². The maximum absolute atomic E-state index is 12.1. The molecule has 0 bridgehead atoms. The highest BCUT2D eigenvalue weighted by molar-refractivity contribution is 5.90. The molecule has 3 rings (SSSR count). The van der Waals surface area contributed by atoms with Gasteiger partial charge in [0.25, 0.3) is 0 Å². The molecule has 154 valence electrons. The number of anilines is 1. The van der Waals surface area contributed by atoms with Crippen molar-refractivity contribution in [1.82, 2.24) is 10.2 Å². The Morgan fingerprint density at radius 3 is 2.74 bits per heavy atom. The van der Waals surface area contributed by atoms with Crippen LogP contribution in [-0.2, 0) is 4.79 Å². The van der Waals surface area contributed by atoms with Gasteiger partial charge < -0.3 is 15.4 Å². The molecule has 1 aromatic rings. The van der Waals surface area contributed by atoms with Crippen molar-refractivity contribution in [3.63, 3.8) is 0 Å². The molecule has 2 N–H and O–H groups in total. The summed E-state index contributed by atoms with van der Waals surface area (Å²) in [7, 11) is 0. The predicted molar refractivity (Wildman–Crippen MR) is 116 cm³/mol. The lowest BCUT2D eigenvalue weighted by molar-refractivity contribution is -0.116. The number of aryl methyl sites for hydroxylation is 1. The Kier molecular flexibility index (Phi) is 11.1. The molecule has 0 radical (unpaired) electrons. The SMILES string of the molecule is Cc1cc(NC(=O)CCC2CCNC2)ccc1OCCN1CCCC1.Cl.Cl. The minimum absolute atomic E-state index is 0. The maximum Gasteiger partial charge on any atom is 0.224 e. The fourth-order valence-electron chi connectivity index (χ4n) is 3.70. The van der Waals surface area contributed by atoms with Gasteiger partial charge in [-0.2, -0.15) is 0 Å². The minimum atomic E-state index is 0. The molecule has 0 aromatic heterocycles. The van der Waals surface area contributed by atoms with E-state index in [2.05, 4.69) is 15.5 Å². The first-order chi connectivity index (χ1) is 12.2. The summed E-state index contributed by atoms with van der Waals surface area (Å²) in [5.74, 6) is 1.67. The number of rotatable bonds is 8. The lowest BCUT2D eigenvalue weighted by atomic mass is 10.0. The zero-order valence-corrected chi connectivity index (χ0v) is 17.8. The van der Waals surface area contributed by atoms with Gasteiger partial charge in [-0.05, 0) is 88.5 Å². The van der Waals surface area contributed by atoms with Crippen molar-refractivity contribution in [1.29, 1.82) is 0 Å². The highest BCUT2D eigenvalue weighted by atomic mass is 35.5. The molecule has 2 aliphatic rings. The Bertz CT molecular complexity index is 574. The van der Waals surface area contributed by atoms with Crippen molar-refractivity contribution < 1.29 is 9.53 Å². The van der Waals surface area contributed by atoms with Gasteiger partial charge in [0.1, 0.15) is 12.4 Å². The molecule has 1 unspecified atom stereocenters. The number of carbonyl (C=O) groups is 1. The summed E-state index contributed by atoms with van der Waals surface area (Å²) >= 11 is 0. The predicted octanol–water partition coefficient (Wildman–Crippen LogP) is 3.64. The quantitative estimate of drug-likeness (QED) is 0.677. The molecule has 2 aliphatic heterocycles. The number of ether oxygens (including phenoxy) is 1. The zero-order chi connectivity index (χ0) is 17.5. The van der Waals surface area contributed by atoms with E-state index in [-0.39, 0.29) is 30.7 Å². The Hall–Kier alpha value is -1.01. The van der Waals surface area contributed by atoms with Crippen LogP contribution in [0.4, 0.5) is 5.69 Å². The second kappa shape index (κ2) is 12.4. The number of hydrogen-bond donors (Lipinski definition) is 2. The molecule has 27 heavy (non-hydrogen) atoms. The zero-order valence-electron chi connectivity index (χ0n) is 16.2. The van der Waals surface area contributed by atoms with E-state index in [1.165, 1.54) is 32.4 Å². The Morgan fingerprint density at radius 1 is 1.30 bits per heavy atom. The van der Waals surface area contributed by atoms with Gasteiger partial charge >= 0.3 is 0 Å². The van der Waals surface area contributed by atoms with E-state index in [4.69, 9.17) is 4.74 Å². The van der Waals surface area contributed by atoms with E-state index in [1.54, 1.807) is 0 Å². The minimum Gasteiger partial charge on any atom is -0.492 e. The summed E-state index contributed by atoms with van der Waals surface area (Å²) in [6.45, 7) is 8.29. The third-order valence-corrected chi connectivity index (χ3v) is 5.26. The lowest BCUT2D eigenvalue weighted by Crippen LogP contribution is -2.25. The van der Waals surface area contributed by atoms with Crippen LogP contribution in [0.15, 0.2) is 18.2 Å². The van der Waals surface area contributed by atoms with Gasteiger partial charge in [-0.25, -0.2) is 0 Å². The van der Waals surface area contributed by atoms with Gasteiger partial charge in [0.15, 0.2) is 0 Å². The van der Waals surface area contributed by atoms with E-state index in [0.717, 1.165) is 49.7 Å². The highest BCUT2D eigenvalue weighted by Gasteiger charge is 2.16. The van der Waals surface area contributed by atoms with Crippen LogP contribution in [0.1, 0.15) is 37.7 Å². The monoisotopic (exact) mass is 417 g/mol. The Balaban J connectivity index is 0.00000182. The van der Waals surface area contributed by atoms with Gasteiger partial charge in [0.05, 0.1) is 0 Å². The van der Waals surface area contributed by atoms with Crippen LogP contribution in [0.3, 0.4) is 0 Å². The van der Waals surface area contributed by atoms with Gasteiger partial charge in [0, 0.05) is 18.7 Å². The first kappa shape index (κ1) is 24.0. The number of benzene rings is 1. The average molecular weight is 418 g/mol. The van der Waals surface area contributed by atoms with Crippen molar-refractivity contribution in [3.8, 4) is 5.75 Å². The Morgan fingerprint density at radius 2 is 2.07 bits per heavy atom. The maximum atomic E-state index is 12.1. The van der Waals surface area contributed by atoms with Crippen LogP contribution in [-0.4, -0.2) is 50.1 Å². The summed E-state index contributed by atoms with van der Waals surface area (Å²) in [6, 6.07) is 5.91. The summed E-state index contributed by atoms with van der Waals surface area (Å²) in [5.41, 5.74) is 1.93. The van der Waals surface area contributed by atoms with Gasteiger partial charge in [-0.3, -0.25) is 9.69 Å². The largest absolute Gasteiger partial charge is 0.492 e. The first-order valence-corrected chi connectivity index (χ1v) is 9.67. The lowest BCUT2D eigenvalue weighted by Gasteiger charge is -2.16. The number of carbonyl (C=O) groups excluding carboxylic acids is 1. The second-order valence-electron chi connectivity index (χ2n) is 7.32. The summed E-state index contributed by atoms with van der Waals surface area (Å²) in [6.07, 6.45) is 5.38. The molecular formula is C20H33Cl2N3O2. The van der Waals surface area contributed by atoms with Crippen molar-refractivity contribution in [2.45, 2.75) is 39.0 Å². The van der Waals surface area contributed by atoms with Gasteiger partial charge in [0.2, 0.25) is 5.91 Å². The van der Waals surface area contributed by atoms with E-state index in [9.17, 15) is 4.79 Å². The highest BCUT2D eigenvalue weighted by Crippen LogP contribution is 2.23. The van der Waals surface area contributed by atoms with Crippen LogP contribution in [0.5, 0.6) is 5.75 Å². The van der Waals surface area contributed by atoms with Crippen molar-refractivity contribution in [2.75, 3.05) is 44.6 Å². The molecule has 1 aromatic carbocycles. The molecule has 1 atom stereocenters. The van der Waals surface area contributed by atoms with Gasteiger partial charge in [-0.1, -0.05) is 0 Å². The van der Waals surface area contributed by atoms with Crippen LogP contribution in [0, 0.1) is 12.8 Å². The molecule has 0 spiro atoms. The molecule has 2 heterocycles. The van der Waals surface area contributed by atoms with Crippen molar-refractivity contribution in [3.05, 3.63) is 23.8 Å². The number of amides is 1. The van der Waals surface area contributed by atoms with Crippen molar-refractivity contribution in [2.24, 2.45) is 5.92 Å². The summed E-state index contributed by atoms with van der Waals surface area (Å²) in [5, 5.41) is 6.36. The number of likely N-dealkylation sites (tertiary alicyclic amines) is 1. The van der Waals surface area contributed by atoms with Crippen LogP contribution < -0.4 is 15.4 Å².